The quantitative estimate of drug-likeness (QED) is 0.723. The van der Waals surface area contributed by atoms with Gasteiger partial charge in [0, 0.05) is 18.3 Å². The molecule has 0 spiro atoms. The molecule has 0 aromatic heterocycles. The monoisotopic (exact) mass is 310 g/mol. The van der Waals surface area contributed by atoms with Crippen LogP contribution in [0, 0.1) is 5.41 Å². The van der Waals surface area contributed by atoms with Gasteiger partial charge in [0.05, 0.1) is 7.11 Å². The summed E-state index contributed by atoms with van der Waals surface area (Å²) in [6.07, 6.45) is -2.37. The maximum absolute atomic E-state index is 13.6. The molecule has 0 aliphatic heterocycles. The van der Waals surface area contributed by atoms with E-state index >= 15 is 0 Å². The van der Waals surface area contributed by atoms with Crippen molar-refractivity contribution >= 4 is 17.9 Å². The van der Waals surface area contributed by atoms with E-state index in [9.17, 15) is 23.2 Å². The van der Waals surface area contributed by atoms with Crippen LogP contribution in [0.2, 0.25) is 0 Å². The molecule has 0 aliphatic rings. The highest BCUT2D eigenvalue weighted by Gasteiger charge is 2.55. The molecule has 0 fully saturated rings. The van der Waals surface area contributed by atoms with E-state index < -0.39 is 35.3 Å². The van der Waals surface area contributed by atoms with Gasteiger partial charge >= 0.3 is 23.8 Å². The molecule has 0 radical (unpaired) electrons. The molecule has 1 atom stereocenters. The van der Waals surface area contributed by atoms with E-state index in [1.165, 1.54) is 27.9 Å². The molecular weight excluding hydrogens is 290 g/mol. The van der Waals surface area contributed by atoms with Crippen LogP contribution in [-0.4, -0.2) is 42.2 Å². The van der Waals surface area contributed by atoms with Gasteiger partial charge in [-0.25, -0.2) is 4.79 Å². The molecule has 0 rings (SSSR count). The highest BCUT2D eigenvalue weighted by molar-refractivity contribution is 5.78. The Morgan fingerprint density at radius 3 is 1.95 bits per heavy atom. The lowest BCUT2D eigenvalue weighted by molar-refractivity contribution is -0.207. The van der Waals surface area contributed by atoms with Crippen molar-refractivity contribution in [2.24, 2.45) is 5.41 Å². The Morgan fingerprint density at radius 1 is 1.10 bits per heavy atom. The fraction of sp³-hybridized carbons (Fsp3) is 0.769. The van der Waals surface area contributed by atoms with Gasteiger partial charge in [0.25, 0.3) is 0 Å². The summed E-state index contributed by atoms with van der Waals surface area (Å²) in [5.74, 6) is -8.08. The Hall–Kier alpha value is -1.73. The minimum absolute atomic E-state index is 0.0545. The first kappa shape index (κ1) is 19.3. The average molecular weight is 310 g/mol. The molecule has 1 unspecified atom stereocenters. The number of carbonyl (C=O) groups excluding carboxylic acids is 2. The largest absolute Gasteiger partial charge is 0.477 e. The number of alkyl halides is 2. The number of halogens is 2. The standard InChI is InChI=1S/C13H20F2O6/c1-12(2,3)10(13(14,15)11(18)19)21-9(17)7-5-6-8(16)20-4/h10H,5-7H2,1-4H3,(H,18,19). The number of ether oxygens (including phenoxy) is 2. The summed E-state index contributed by atoms with van der Waals surface area (Å²) < 4.78 is 36.2. The van der Waals surface area contributed by atoms with Gasteiger partial charge < -0.3 is 14.6 Å². The first-order valence-electron chi connectivity index (χ1n) is 6.30. The second-order valence-corrected chi connectivity index (χ2v) is 5.59. The molecule has 0 aromatic carbocycles. The lowest BCUT2D eigenvalue weighted by Crippen LogP contribution is -2.51. The summed E-state index contributed by atoms with van der Waals surface area (Å²) in [6.45, 7) is 4.03. The van der Waals surface area contributed by atoms with E-state index in [1.807, 2.05) is 0 Å². The van der Waals surface area contributed by atoms with E-state index in [2.05, 4.69) is 9.47 Å². The van der Waals surface area contributed by atoms with Gasteiger partial charge in [-0.1, -0.05) is 20.8 Å². The topological polar surface area (TPSA) is 89.9 Å². The Kier molecular flexibility index (Phi) is 6.72. The van der Waals surface area contributed by atoms with E-state index in [-0.39, 0.29) is 19.3 Å². The number of esters is 2. The molecule has 0 saturated heterocycles. The summed E-state index contributed by atoms with van der Waals surface area (Å²) in [5.41, 5.74) is -1.26. The van der Waals surface area contributed by atoms with Crippen LogP contribution in [0.3, 0.4) is 0 Å². The number of carbonyl (C=O) groups is 3. The number of hydrogen-bond donors (Lipinski definition) is 1. The van der Waals surface area contributed by atoms with Gasteiger partial charge in [-0.15, -0.1) is 0 Å². The minimum Gasteiger partial charge on any atom is -0.477 e. The first-order chi connectivity index (χ1) is 9.42. The molecule has 1 N–H and O–H groups in total. The summed E-state index contributed by atoms with van der Waals surface area (Å²) in [5, 5.41) is 8.57. The van der Waals surface area contributed by atoms with Crippen LogP contribution in [0.15, 0.2) is 0 Å². The van der Waals surface area contributed by atoms with Crippen molar-refractivity contribution in [1.29, 1.82) is 0 Å². The number of carboxylic acids is 1. The zero-order valence-electron chi connectivity index (χ0n) is 12.4. The Labute approximate surface area is 121 Å². The van der Waals surface area contributed by atoms with Crippen LogP contribution >= 0.6 is 0 Å². The third kappa shape index (κ3) is 6.05. The lowest BCUT2D eigenvalue weighted by atomic mass is 9.85. The third-order valence-corrected chi connectivity index (χ3v) is 2.64. The first-order valence-corrected chi connectivity index (χ1v) is 6.30. The van der Waals surface area contributed by atoms with Crippen molar-refractivity contribution in [3.63, 3.8) is 0 Å². The summed E-state index contributed by atoms with van der Waals surface area (Å²) in [7, 11) is 1.18. The third-order valence-electron chi connectivity index (χ3n) is 2.64. The molecule has 0 amide bonds. The molecule has 122 valence electrons. The average Bonchev–Trinajstić information content (AvgIpc) is 2.33. The Balaban J connectivity index is 4.74. The molecule has 21 heavy (non-hydrogen) atoms. The van der Waals surface area contributed by atoms with Crippen LogP contribution < -0.4 is 0 Å². The summed E-state index contributed by atoms with van der Waals surface area (Å²) >= 11 is 0. The fourth-order valence-electron chi connectivity index (χ4n) is 1.58. The van der Waals surface area contributed by atoms with Crippen molar-refractivity contribution < 1.29 is 37.7 Å². The molecular formula is C13H20F2O6. The molecule has 0 aromatic rings. The minimum atomic E-state index is -4.20. The van der Waals surface area contributed by atoms with E-state index in [0.29, 0.717) is 0 Å². The SMILES string of the molecule is COC(=O)CCCC(=O)OC(C(C)(C)C)C(F)(F)C(=O)O. The maximum atomic E-state index is 13.6. The predicted molar refractivity (Wildman–Crippen MR) is 67.8 cm³/mol. The normalized spacial score (nSPS) is 13.4. The van der Waals surface area contributed by atoms with Crippen LogP contribution in [0.1, 0.15) is 40.0 Å². The van der Waals surface area contributed by atoms with Crippen molar-refractivity contribution in [2.75, 3.05) is 7.11 Å². The number of carboxylic acid groups (broad SMARTS) is 1. The predicted octanol–water partition coefficient (Wildman–Crippen LogP) is 2.01. The number of methoxy groups -OCH3 is 1. The van der Waals surface area contributed by atoms with Gasteiger partial charge in [0.15, 0.2) is 6.10 Å². The number of hydrogen-bond acceptors (Lipinski definition) is 5. The van der Waals surface area contributed by atoms with E-state index in [1.54, 1.807) is 0 Å². The van der Waals surface area contributed by atoms with Gasteiger partial charge in [0.1, 0.15) is 0 Å². The molecule has 0 saturated carbocycles. The lowest BCUT2D eigenvalue weighted by Gasteiger charge is -2.33. The van der Waals surface area contributed by atoms with Crippen molar-refractivity contribution in [3.8, 4) is 0 Å². The zero-order chi connectivity index (χ0) is 16.8. The second kappa shape index (κ2) is 7.33. The van der Waals surface area contributed by atoms with E-state index in [4.69, 9.17) is 5.11 Å². The van der Waals surface area contributed by atoms with Gasteiger partial charge in [-0.05, 0) is 6.42 Å². The molecule has 0 bridgehead atoms. The smallest absolute Gasteiger partial charge is 0.379 e. The highest BCUT2D eigenvalue weighted by atomic mass is 19.3. The van der Waals surface area contributed by atoms with Crippen LogP contribution in [0.4, 0.5) is 8.78 Å². The van der Waals surface area contributed by atoms with Crippen LogP contribution in [0.5, 0.6) is 0 Å². The second-order valence-electron chi connectivity index (χ2n) is 5.59. The Morgan fingerprint density at radius 2 is 1.57 bits per heavy atom. The summed E-state index contributed by atoms with van der Waals surface area (Å²) in [6, 6.07) is 0. The molecule has 8 heteroatoms. The summed E-state index contributed by atoms with van der Waals surface area (Å²) in [4.78, 5) is 33.0. The van der Waals surface area contributed by atoms with Crippen molar-refractivity contribution in [1.82, 2.24) is 0 Å². The fourth-order valence-corrected chi connectivity index (χ4v) is 1.58. The number of aliphatic carboxylic acids is 1. The number of rotatable bonds is 7. The van der Waals surface area contributed by atoms with Gasteiger partial charge in [-0.2, -0.15) is 8.78 Å². The van der Waals surface area contributed by atoms with Crippen molar-refractivity contribution in [3.05, 3.63) is 0 Å². The van der Waals surface area contributed by atoms with Crippen molar-refractivity contribution in [2.45, 2.75) is 52.1 Å². The van der Waals surface area contributed by atoms with Crippen LogP contribution in [-0.2, 0) is 23.9 Å². The zero-order valence-corrected chi connectivity index (χ0v) is 12.4. The van der Waals surface area contributed by atoms with E-state index in [0.717, 1.165) is 0 Å². The maximum Gasteiger partial charge on any atom is 0.379 e. The van der Waals surface area contributed by atoms with Gasteiger partial charge in [-0.3, -0.25) is 9.59 Å². The van der Waals surface area contributed by atoms with Crippen LogP contribution in [0.25, 0.3) is 0 Å². The Bertz CT molecular complexity index is 400. The molecule has 0 heterocycles. The van der Waals surface area contributed by atoms with Gasteiger partial charge in [0.2, 0.25) is 0 Å². The highest BCUT2D eigenvalue weighted by Crippen LogP contribution is 2.35. The molecule has 6 nitrogen and oxygen atoms in total. The molecule has 0 aliphatic carbocycles.